The second kappa shape index (κ2) is 7.23. The van der Waals surface area contributed by atoms with Crippen LogP contribution in [0.4, 0.5) is 5.69 Å². The van der Waals surface area contributed by atoms with Crippen molar-refractivity contribution in [2.75, 3.05) is 4.72 Å². The maximum Gasteiger partial charge on any atom is 0.261 e. The van der Waals surface area contributed by atoms with Gasteiger partial charge in [-0.3, -0.25) is 9.52 Å². The van der Waals surface area contributed by atoms with Gasteiger partial charge in [0.15, 0.2) is 0 Å². The predicted molar refractivity (Wildman–Crippen MR) is 101 cm³/mol. The molecule has 5 nitrogen and oxygen atoms in total. The van der Waals surface area contributed by atoms with Crippen molar-refractivity contribution in [3.63, 3.8) is 0 Å². The zero-order valence-electron chi connectivity index (χ0n) is 13.9. The third kappa shape index (κ3) is 5.36. The lowest BCUT2D eigenvalue weighted by Gasteiger charge is -2.21. The molecule has 1 amide bonds. The minimum Gasteiger partial charge on any atom is -0.347 e. The van der Waals surface area contributed by atoms with Gasteiger partial charge in [-0.05, 0) is 63.2 Å². The van der Waals surface area contributed by atoms with Gasteiger partial charge in [0.05, 0.1) is 15.5 Å². The molecule has 8 heteroatoms. The summed E-state index contributed by atoms with van der Waals surface area (Å²) in [4.78, 5) is 12.4. The van der Waals surface area contributed by atoms with Gasteiger partial charge in [0.1, 0.15) is 0 Å². The molecule has 0 heterocycles. The second-order valence-electron chi connectivity index (χ2n) is 6.46. The summed E-state index contributed by atoms with van der Waals surface area (Å²) in [6.07, 6.45) is 0. The highest BCUT2D eigenvalue weighted by atomic mass is 35.5. The molecule has 0 saturated heterocycles. The molecule has 0 aliphatic heterocycles. The van der Waals surface area contributed by atoms with Crippen LogP contribution in [0.2, 0.25) is 10.0 Å². The number of carbonyl (C=O) groups is 1. The number of amides is 1. The van der Waals surface area contributed by atoms with E-state index < -0.39 is 15.6 Å². The smallest absolute Gasteiger partial charge is 0.261 e. The summed E-state index contributed by atoms with van der Waals surface area (Å²) in [6.45, 7) is 5.52. The normalized spacial score (nSPS) is 11.9. The largest absolute Gasteiger partial charge is 0.347 e. The molecule has 0 aromatic heterocycles. The number of nitrogens with one attached hydrogen (secondary N) is 2. The molecule has 0 aliphatic rings. The topological polar surface area (TPSA) is 75.3 Å². The van der Waals surface area contributed by atoms with Crippen LogP contribution in [0.25, 0.3) is 0 Å². The van der Waals surface area contributed by atoms with Gasteiger partial charge in [-0.15, -0.1) is 0 Å². The molecule has 0 unspecified atom stereocenters. The van der Waals surface area contributed by atoms with E-state index in [-0.39, 0.29) is 27.1 Å². The summed E-state index contributed by atoms with van der Waals surface area (Å²) in [5.41, 5.74) is -0.0227. The van der Waals surface area contributed by atoms with Crippen LogP contribution in [0.1, 0.15) is 31.1 Å². The van der Waals surface area contributed by atoms with Crippen LogP contribution in [-0.2, 0) is 10.0 Å². The molecule has 0 aliphatic carbocycles. The van der Waals surface area contributed by atoms with Crippen LogP contribution in [0.15, 0.2) is 47.4 Å². The molecule has 2 rings (SSSR count). The highest BCUT2D eigenvalue weighted by molar-refractivity contribution is 7.92. The summed E-state index contributed by atoms with van der Waals surface area (Å²) in [7, 11) is -3.80. The Morgan fingerprint density at radius 3 is 2.16 bits per heavy atom. The minimum atomic E-state index is -3.80. The first kappa shape index (κ1) is 19.6. The first-order chi connectivity index (χ1) is 11.5. The van der Waals surface area contributed by atoms with Crippen LogP contribution in [0.3, 0.4) is 0 Å². The van der Waals surface area contributed by atoms with Gasteiger partial charge in [0, 0.05) is 16.2 Å². The second-order valence-corrected chi connectivity index (χ2v) is 8.98. The molecule has 25 heavy (non-hydrogen) atoms. The number of rotatable bonds is 4. The summed E-state index contributed by atoms with van der Waals surface area (Å²) in [5.74, 6) is -0.384. The van der Waals surface area contributed by atoms with Crippen molar-refractivity contribution < 1.29 is 13.2 Å². The Morgan fingerprint density at radius 1 is 1.00 bits per heavy atom. The van der Waals surface area contributed by atoms with E-state index in [1.54, 1.807) is 0 Å². The van der Waals surface area contributed by atoms with Gasteiger partial charge in [-0.2, -0.15) is 0 Å². The number of hydrogen-bond donors (Lipinski definition) is 2. The summed E-state index contributed by atoms with van der Waals surface area (Å²) in [6, 6.07) is 10.1. The molecule has 0 spiro atoms. The van der Waals surface area contributed by atoms with Crippen LogP contribution >= 0.6 is 23.2 Å². The Bertz CT molecular complexity index is 889. The maximum atomic E-state index is 12.4. The van der Waals surface area contributed by atoms with Crippen LogP contribution in [0, 0.1) is 0 Å². The van der Waals surface area contributed by atoms with E-state index in [9.17, 15) is 13.2 Å². The lowest BCUT2D eigenvalue weighted by atomic mass is 10.1. The summed E-state index contributed by atoms with van der Waals surface area (Å²) in [5, 5.41) is 3.46. The van der Waals surface area contributed by atoms with E-state index in [1.807, 2.05) is 20.8 Å². The zero-order chi connectivity index (χ0) is 18.8. The SMILES string of the molecule is CC(C)(C)NC(=O)c1cc(NS(=O)(=O)c2ccc(Cl)cc2)ccc1Cl. The van der Waals surface area contributed by atoms with Crippen molar-refractivity contribution in [1.82, 2.24) is 5.32 Å². The van der Waals surface area contributed by atoms with E-state index in [0.29, 0.717) is 5.02 Å². The van der Waals surface area contributed by atoms with E-state index in [0.717, 1.165) is 0 Å². The molecular weight excluding hydrogens is 383 g/mol. The first-order valence-corrected chi connectivity index (χ1v) is 9.62. The third-order valence-electron chi connectivity index (χ3n) is 3.08. The Hall–Kier alpha value is -1.76. The van der Waals surface area contributed by atoms with Crippen molar-refractivity contribution in [1.29, 1.82) is 0 Å². The van der Waals surface area contributed by atoms with Crippen LogP contribution in [-0.4, -0.2) is 19.9 Å². The fourth-order valence-electron chi connectivity index (χ4n) is 2.00. The molecular formula is C17H18Cl2N2O3S. The summed E-state index contributed by atoms with van der Waals surface area (Å²) < 4.78 is 27.3. The average Bonchev–Trinajstić information content (AvgIpc) is 2.47. The Balaban J connectivity index is 2.30. The molecule has 0 radical (unpaired) electrons. The van der Waals surface area contributed by atoms with Crippen LogP contribution in [0.5, 0.6) is 0 Å². The van der Waals surface area contributed by atoms with E-state index in [1.165, 1.54) is 42.5 Å². The number of anilines is 1. The molecule has 0 atom stereocenters. The van der Waals surface area contributed by atoms with Gasteiger partial charge < -0.3 is 5.32 Å². The summed E-state index contributed by atoms with van der Waals surface area (Å²) >= 11 is 11.8. The van der Waals surface area contributed by atoms with Gasteiger partial charge in [-0.1, -0.05) is 23.2 Å². The van der Waals surface area contributed by atoms with Gasteiger partial charge in [-0.25, -0.2) is 8.42 Å². The quantitative estimate of drug-likeness (QED) is 0.801. The molecule has 0 bridgehead atoms. The minimum absolute atomic E-state index is 0.0625. The zero-order valence-corrected chi connectivity index (χ0v) is 16.3. The fourth-order valence-corrected chi connectivity index (χ4v) is 3.38. The Kier molecular flexibility index (Phi) is 5.66. The van der Waals surface area contributed by atoms with Gasteiger partial charge in [0.2, 0.25) is 0 Å². The maximum absolute atomic E-state index is 12.4. The number of halogens is 2. The Morgan fingerprint density at radius 2 is 1.60 bits per heavy atom. The van der Waals surface area contributed by atoms with Gasteiger partial charge >= 0.3 is 0 Å². The highest BCUT2D eigenvalue weighted by Gasteiger charge is 2.20. The first-order valence-electron chi connectivity index (χ1n) is 7.38. The number of benzene rings is 2. The molecule has 134 valence electrons. The number of carbonyl (C=O) groups excluding carboxylic acids is 1. The van der Waals surface area contributed by atoms with Gasteiger partial charge in [0.25, 0.3) is 15.9 Å². The third-order valence-corrected chi connectivity index (χ3v) is 5.05. The van der Waals surface area contributed by atoms with Crippen LogP contribution < -0.4 is 10.0 Å². The molecule has 2 N–H and O–H groups in total. The average molecular weight is 401 g/mol. The van der Waals surface area contributed by atoms with E-state index >= 15 is 0 Å². The molecule has 2 aromatic rings. The standard InChI is InChI=1S/C17H18Cl2N2O3S/c1-17(2,3)20-16(22)14-10-12(6-9-15(14)19)21-25(23,24)13-7-4-11(18)5-8-13/h4-10,21H,1-3H3,(H,20,22). The number of sulfonamides is 1. The lowest BCUT2D eigenvalue weighted by molar-refractivity contribution is 0.0919. The molecule has 0 fully saturated rings. The van der Waals surface area contributed by atoms with Crippen molar-refractivity contribution >= 4 is 44.8 Å². The van der Waals surface area contributed by atoms with Crippen molar-refractivity contribution in [2.45, 2.75) is 31.2 Å². The van der Waals surface area contributed by atoms with E-state index in [4.69, 9.17) is 23.2 Å². The van der Waals surface area contributed by atoms with Crippen molar-refractivity contribution in [3.05, 3.63) is 58.1 Å². The highest BCUT2D eigenvalue weighted by Crippen LogP contribution is 2.24. The van der Waals surface area contributed by atoms with Crippen molar-refractivity contribution in [3.8, 4) is 0 Å². The fraction of sp³-hybridized carbons (Fsp3) is 0.235. The van der Waals surface area contributed by atoms with E-state index in [2.05, 4.69) is 10.0 Å². The number of hydrogen-bond acceptors (Lipinski definition) is 3. The Labute approximate surface area is 157 Å². The molecule has 2 aromatic carbocycles. The predicted octanol–water partition coefficient (Wildman–Crippen LogP) is 4.32. The molecule has 0 saturated carbocycles. The lowest BCUT2D eigenvalue weighted by Crippen LogP contribution is -2.40. The van der Waals surface area contributed by atoms with Crippen molar-refractivity contribution in [2.24, 2.45) is 0 Å². The monoisotopic (exact) mass is 400 g/mol.